The number of aromatic nitrogens is 1. The van der Waals surface area contributed by atoms with Crippen molar-refractivity contribution < 1.29 is 14.3 Å². The van der Waals surface area contributed by atoms with Crippen LogP contribution >= 0.6 is 0 Å². The molecular formula is C23H24N2O3. The second-order valence-electron chi connectivity index (χ2n) is 7.42. The Balaban J connectivity index is 1.52. The monoisotopic (exact) mass is 376 g/mol. The van der Waals surface area contributed by atoms with Crippen molar-refractivity contribution in [3.8, 4) is 5.75 Å². The Hall–Kier alpha value is -3.08. The van der Waals surface area contributed by atoms with Gasteiger partial charge in [0.1, 0.15) is 5.75 Å². The Morgan fingerprint density at radius 1 is 1.14 bits per heavy atom. The molecule has 28 heavy (non-hydrogen) atoms. The van der Waals surface area contributed by atoms with Gasteiger partial charge in [-0.1, -0.05) is 6.07 Å². The van der Waals surface area contributed by atoms with Gasteiger partial charge < -0.3 is 14.6 Å². The number of methoxy groups -OCH3 is 1. The number of nitrogens with zero attached hydrogens (tertiary/aromatic N) is 1. The molecular weight excluding hydrogens is 352 g/mol. The third-order valence-electron chi connectivity index (χ3n) is 5.58. The highest BCUT2D eigenvalue weighted by Crippen LogP contribution is 2.26. The van der Waals surface area contributed by atoms with Crippen molar-refractivity contribution in [1.29, 1.82) is 0 Å². The molecule has 0 radical (unpaired) electrons. The number of likely N-dealkylation sites (tertiary alicyclic amines) is 1. The molecule has 1 atom stereocenters. The van der Waals surface area contributed by atoms with Crippen LogP contribution in [0.4, 0.5) is 0 Å². The zero-order chi connectivity index (χ0) is 19.7. The molecule has 0 saturated carbocycles. The summed E-state index contributed by atoms with van der Waals surface area (Å²) in [5, 5.41) is 1.08. The van der Waals surface area contributed by atoms with Gasteiger partial charge in [-0.3, -0.25) is 9.59 Å². The molecule has 1 aliphatic heterocycles. The second kappa shape index (κ2) is 7.50. The Morgan fingerprint density at radius 3 is 2.79 bits per heavy atom. The summed E-state index contributed by atoms with van der Waals surface area (Å²) in [6.45, 7) is 3.08. The van der Waals surface area contributed by atoms with E-state index in [2.05, 4.69) is 4.98 Å². The van der Waals surface area contributed by atoms with Gasteiger partial charge in [-0.15, -0.1) is 0 Å². The van der Waals surface area contributed by atoms with Crippen LogP contribution in [0.1, 0.15) is 39.1 Å². The second-order valence-corrected chi connectivity index (χ2v) is 7.42. The minimum absolute atomic E-state index is 0.0135. The van der Waals surface area contributed by atoms with Crippen molar-refractivity contribution in [2.75, 3.05) is 20.2 Å². The van der Waals surface area contributed by atoms with Crippen molar-refractivity contribution in [2.45, 2.75) is 19.8 Å². The highest BCUT2D eigenvalue weighted by atomic mass is 16.5. The molecule has 1 saturated heterocycles. The fourth-order valence-corrected chi connectivity index (χ4v) is 4.00. The van der Waals surface area contributed by atoms with Crippen LogP contribution in [0.5, 0.6) is 5.75 Å². The number of fused-ring (bicyclic) bond motifs is 1. The van der Waals surface area contributed by atoms with Gasteiger partial charge in [0.05, 0.1) is 7.11 Å². The largest absolute Gasteiger partial charge is 0.497 e. The van der Waals surface area contributed by atoms with E-state index in [0.717, 1.165) is 35.1 Å². The normalized spacial score (nSPS) is 16.9. The molecule has 2 heterocycles. The first kappa shape index (κ1) is 18.3. The number of H-pyrrole nitrogens is 1. The maximum Gasteiger partial charge on any atom is 0.253 e. The minimum atomic E-state index is -0.168. The summed E-state index contributed by atoms with van der Waals surface area (Å²) in [6.07, 6.45) is 3.51. The average Bonchev–Trinajstić information content (AvgIpc) is 3.20. The van der Waals surface area contributed by atoms with Crippen LogP contribution < -0.4 is 4.74 Å². The van der Waals surface area contributed by atoms with Crippen molar-refractivity contribution in [1.82, 2.24) is 9.88 Å². The van der Waals surface area contributed by atoms with E-state index < -0.39 is 0 Å². The first-order valence-corrected chi connectivity index (χ1v) is 9.62. The number of aryl methyl sites for hydroxylation is 1. The summed E-state index contributed by atoms with van der Waals surface area (Å²) in [5.74, 6) is 0.672. The maximum atomic E-state index is 13.1. The van der Waals surface area contributed by atoms with Gasteiger partial charge in [0, 0.05) is 41.8 Å². The molecule has 1 amide bonds. The van der Waals surface area contributed by atoms with E-state index in [0.29, 0.717) is 24.2 Å². The Bertz CT molecular complexity index is 1040. The quantitative estimate of drug-likeness (QED) is 0.694. The molecule has 4 rings (SSSR count). The van der Waals surface area contributed by atoms with Gasteiger partial charge in [-0.2, -0.15) is 0 Å². The van der Waals surface area contributed by atoms with E-state index in [9.17, 15) is 9.59 Å². The molecule has 0 spiro atoms. The molecule has 1 aliphatic rings. The molecule has 0 aliphatic carbocycles. The van der Waals surface area contributed by atoms with Crippen molar-refractivity contribution in [3.63, 3.8) is 0 Å². The molecule has 0 unspecified atom stereocenters. The van der Waals surface area contributed by atoms with E-state index in [-0.39, 0.29) is 17.6 Å². The van der Waals surface area contributed by atoms with E-state index in [1.165, 1.54) is 0 Å². The van der Waals surface area contributed by atoms with Crippen LogP contribution in [0.15, 0.2) is 48.7 Å². The molecule has 1 N–H and O–H groups in total. The first-order chi connectivity index (χ1) is 13.6. The molecule has 1 fully saturated rings. The SMILES string of the molecule is COc1ccc(C(=O)[C@H]2CCCN(C(=O)c3ccc4cc[nH]c4c3)C2)c(C)c1. The zero-order valence-corrected chi connectivity index (χ0v) is 16.2. The van der Waals surface area contributed by atoms with Crippen LogP contribution in [0.25, 0.3) is 10.9 Å². The maximum absolute atomic E-state index is 13.1. The number of Topliss-reactive ketones (excluding diaryl/α,β-unsaturated/α-hetero) is 1. The Labute approximate surface area is 164 Å². The summed E-state index contributed by atoms with van der Waals surface area (Å²) >= 11 is 0. The summed E-state index contributed by atoms with van der Waals surface area (Å²) in [7, 11) is 1.62. The third kappa shape index (κ3) is 3.40. The molecule has 3 aromatic rings. The number of carbonyl (C=O) groups is 2. The summed E-state index contributed by atoms with van der Waals surface area (Å²) in [4.78, 5) is 31.0. The van der Waals surface area contributed by atoms with Crippen LogP contribution in [-0.4, -0.2) is 41.8 Å². The van der Waals surface area contributed by atoms with E-state index in [1.807, 2.05) is 60.5 Å². The molecule has 2 aromatic carbocycles. The predicted octanol–water partition coefficient (Wildman–Crippen LogP) is 4.22. The topological polar surface area (TPSA) is 62.4 Å². The lowest BCUT2D eigenvalue weighted by Gasteiger charge is -2.32. The Morgan fingerprint density at radius 2 is 2.00 bits per heavy atom. The van der Waals surface area contributed by atoms with Gasteiger partial charge in [0.2, 0.25) is 0 Å². The van der Waals surface area contributed by atoms with Crippen LogP contribution in [0, 0.1) is 12.8 Å². The van der Waals surface area contributed by atoms with Gasteiger partial charge in [-0.25, -0.2) is 0 Å². The van der Waals surface area contributed by atoms with E-state index in [4.69, 9.17) is 4.74 Å². The lowest BCUT2D eigenvalue weighted by atomic mass is 9.88. The number of rotatable bonds is 4. The number of aromatic amines is 1. The van der Waals surface area contributed by atoms with Crippen molar-refractivity contribution >= 4 is 22.6 Å². The number of ether oxygens (including phenoxy) is 1. The fraction of sp³-hybridized carbons (Fsp3) is 0.304. The minimum Gasteiger partial charge on any atom is -0.497 e. The van der Waals surface area contributed by atoms with Gasteiger partial charge in [0.15, 0.2) is 5.78 Å². The number of amides is 1. The predicted molar refractivity (Wildman–Crippen MR) is 109 cm³/mol. The number of piperidine rings is 1. The molecule has 144 valence electrons. The standard InChI is InChI=1S/C23H24N2O3/c1-15-12-19(28-2)7-8-20(15)22(26)18-4-3-11-25(14-18)23(27)17-6-5-16-9-10-24-21(16)13-17/h5-10,12-13,18,24H,3-4,11,14H2,1-2H3/t18-/m0/s1. The number of carbonyl (C=O) groups excluding carboxylic acids is 2. The van der Waals surface area contributed by atoms with E-state index >= 15 is 0 Å². The molecule has 1 aromatic heterocycles. The average molecular weight is 376 g/mol. The highest BCUT2D eigenvalue weighted by Gasteiger charge is 2.30. The highest BCUT2D eigenvalue weighted by molar-refractivity contribution is 6.01. The van der Waals surface area contributed by atoms with Crippen molar-refractivity contribution in [2.24, 2.45) is 5.92 Å². The molecule has 0 bridgehead atoms. The lowest BCUT2D eigenvalue weighted by molar-refractivity contribution is 0.0637. The molecule has 5 nitrogen and oxygen atoms in total. The first-order valence-electron chi connectivity index (χ1n) is 9.62. The van der Waals surface area contributed by atoms with Crippen LogP contribution in [-0.2, 0) is 0 Å². The number of hydrogen-bond acceptors (Lipinski definition) is 3. The number of ketones is 1. The smallest absolute Gasteiger partial charge is 0.253 e. The van der Waals surface area contributed by atoms with E-state index in [1.54, 1.807) is 7.11 Å². The zero-order valence-electron chi connectivity index (χ0n) is 16.2. The van der Waals surface area contributed by atoms with Crippen LogP contribution in [0.3, 0.4) is 0 Å². The lowest BCUT2D eigenvalue weighted by Crippen LogP contribution is -2.42. The summed E-state index contributed by atoms with van der Waals surface area (Å²) in [6, 6.07) is 13.2. The van der Waals surface area contributed by atoms with Crippen molar-refractivity contribution in [3.05, 3.63) is 65.4 Å². The Kier molecular flexibility index (Phi) is 4.90. The summed E-state index contributed by atoms with van der Waals surface area (Å²) in [5.41, 5.74) is 3.23. The van der Waals surface area contributed by atoms with Gasteiger partial charge in [0.25, 0.3) is 5.91 Å². The summed E-state index contributed by atoms with van der Waals surface area (Å²) < 4.78 is 5.23. The van der Waals surface area contributed by atoms with Crippen LogP contribution in [0.2, 0.25) is 0 Å². The number of hydrogen-bond donors (Lipinski definition) is 1. The van der Waals surface area contributed by atoms with Gasteiger partial charge >= 0.3 is 0 Å². The fourth-order valence-electron chi connectivity index (χ4n) is 4.00. The number of nitrogens with one attached hydrogen (secondary N) is 1. The third-order valence-corrected chi connectivity index (χ3v) is 5.58. The molecule has 5 heteroatoms. The van der Waals surface area contributed by atoms with Gasteiger partial charge in [-0.05, 0) is 67.1 Å². The number of benzene rings is 2.